The number of anilines is 2. The first-order valence-corrected chi connectivity index (χ1v) is 8.83. The predicted molar refractivity (Wildman–Crippen MR) is 107 cm³/mol. The van der Waals surface area contributed by atoms with Crippen LogP contribution < -0.4 is 10.6 Å². The molecule has 3 N–H and O–H groups in total. The van der Waals surface area contributed by atoms with Crippen molar-refractivity contribution in [2.24, 2.45) is 5.92 Å². The van der Waals surface area contributed by atoms with E-state index in [0.717, 1.165) is 5.56 Å². The summed E-state index contributed by atoms with van der Waals surface area (Å²) in [5, 5.41) is 13.1. The second-order valence-corrected chi connectivity index (χ2v) is 6.78. The van der Waals surface area contributed by atoms with Gasteiger partial charge in [0.25, 0.3) is 5.91 Å². The van der Waals surface area contributed by atoms with Crippen LogP contribution >= 0.6 is 11.6 Å². The lowest BCUT2D eigenvalue weighted by atomic mass is 10.1. The van der Waals surface area contributed by atoms with Gasteiger partial charge in [-0.2, -0.15) is 5.10 Å². The van der Waals surface area contributed by atoms with E-state index in [4.69, 9.17) is 11.6 Å². The highest BCUT2D eigenvalue weighted by Crippen LogP contribution is 2.24. The molecule has 7 heteroatoms. The molecule has 0 spiro atoms. The summed E-state index contributed by atoms with van der Waals surface area (Å²) in [5.74, 6) is -0.518. The molecule has 27 heavy (non-hydrogen) atoms. The zero-order valence-electron chi connectivity index (χ0n) is 14.9. The second-order valence-electron chi connectivity index (χ2n) is 6.34. The first kappa shape index (κ1) is 18.7. The molecule has 2 aromatic carbocycles. The van der Waals surface area contributed by atoms with E-state index in [1.54, 1.807) is 36.4 Å². The van der Waals surface area contributed by atoms with Crippen molar-refractivity contribution in [3.63, 3.8) is 0 Å². The normalized spacial score (nSPS) is 10.7. The van der Waals surface area contributed by atoms with Gasteiger partial charge in [0, 0.05) is 27.9 Å². The molecule has 6 nitrogen and oxygen atoms in total. The number of nitrogens with one attached hydrogen (secondary N) is 3. The smallest absolute Gasteiger partial charge is 0.259 e. The fourth-order valence-corrected chi connectivity index (χ4v) is 2.58. The van der Waals surface area contributed by atoms with Crippen molar-refractivity contribution in [3.8, 4) is 11.3 Å². The number of amides is 2. The van der Waals surface area contributed by atoms with Crippen molar-refractivity contribution in [2.45, 2.75) is 13.8 Å². The Hall–Kier alpha value is -3.12. The van der Waals surface area contributed by atoms with E-state index >= 15 is 0 Å². The summed E-state index contributed by atoms with van der Waals surface area (Å²) in [6, 6.07) is 14.1. The maximum atomic E-state index is 12.7. The monoisotopic (exact) mass is 382 g/mol. The number of hydrogen-bond donors (Lipinski definition) is 3. The van der Waals surface area contributed by atoms with Gasteiger partial charge in [-0.05, 0) is 30.3 Å². The molecule has 0 unspecified atom stereocenters. The lowest BCUT2D eigenvalue weighted by Gasteiger charge is -2.10. The Labute approximate surface area is 161 Å². The highest BCUT2D eigenvalue weighted by atomic mass is 35.5. The number of hydrogen-bond acceptors (Lipinski definition) is 3. The summed E-state index contributed by atoms with van der Waals surface area (Å²) in [6.45, 7) is 3.64. The quantitative estimate of drug-likeness (QED) is 0.603. The summed E-state index contributed by atoms with van der Waals surface area (Å²) in [4.78, 5) is 24.5. The molecule has 0 aliphatic carbocycles. The van der Waals surface area contributed by atoms with Crippen LogP contribution in [-0.4, -0.2) is 22.0 Å². The molecule has 3 aromatic rings. The van der Waals surface area contributed by atoms with Crippen molar-refractivity contribution in [1.82, 2.24) is 10.2 Å². The molecule has 2 amide bonds. The number of carbonyl (C=O) groups is 2. The Balaban J connectivity index is 1.78. The van der Waals surface area contributed by atoms with Crippen LogP contribution in [0.3, 0.4) is 0 Å². The van der Waals surface area contributed by atoms with Gasteiger partial charge in [0.1, 0.15) is 0 Å². The van der Waals surface area contributed by atoms with Gasteiger partial charge in [-0.3, -0.25) is 14.7 Å². The minimum atomic E-state index is -0.305. The fraction of sp³-hybridized carbons (Fsp3) is 0.150. The van der Waals surface area contributed by atoms with Crippen LogP contribution in [0.4, 0.5) is 11.4 Å². The second kappa shape index (κ2) is 8.05. The maximum absolute atomic E-state index is 12.7. The van der Waals surface area contributed by atoms with Crippen LogP contribution in [0.2, 0.25) is 5.02 Å². The van der Waals surface area contributed by atoms with Crippen molar-refractivity contribution >= 4 is 34.8 Å². The predicted octanol–water partition coefficient (Wildman–Crippen LogP) is 4.58. The van der Waals surface area contributed by atoms with Crippen LogP contribution in [0.25, 0.3) is 11.3 Å². The molecular formula is C20H19ClN4O2. The summed E-state index contributed by atoms with van der Waals surface area (Å²) in [5.41, 5.74) is 3.02. The number of halogens is 1. The highest BCUT2D eigenvalue weighted by Gasteiger charge is 2.16. The first-order chi connectivity index (χ1) is 12.9. The fourth-order valence-electron chi connectivity index (χ4n) is 2.45. The van der Waals surface area contributed by atoms with Gasteiger partial charge in [0.2, 0.25) is 5.91 Å². The highest BCUT2D eigenvalue weighted by molar-refractivity contribution is 6.30. The standard InChI is InChI=1S/C20H19ClN4O2/c1-12(2)19(26)23-15-4-3-5-16(10-15)24-20(27)17-11-22-25-18(17)13-6-8-14(21)9-7-13/h3-12H,1-2H3,(H,22,25)(H,23,26)(H,24,27). The van der Waals surface area contributed by atoms with E-state index < -0.39 is 0 Å². The molecule has 0 bridgehead atoms. The van der Waals surface area contributed by atoms with Gasteiger partial charge in [-0.15, -0.1) is 0 Å². The molecule has 0 aliphatic heterocycles. The molecule has 0 radical (unpaired) electrons. The van der Waals surface area contributed by atoms with Crippen molar-refractivity contribution in [2.75, 3.05) is 10.6 Å². The van der Waals surface area contributed by atoms with E-state index in [1.807, 2.05) is 26.0 Å². The zero-order valence-corrected chi connectivity index (χ0v) is 15.7. The SMILES string of the molecule is CC(C)C(=O)Nc1cccc(NC(=O)c2cn[nH]c2-c2ccc(Cl)cc2)c1. The number of H-pyrrole nitrogens is 1. The topological polar surface area (TPSA) is 86.9 Å². The largest absolute Gasteiger partial charge is 0.326 e. The minimum absolute atomic E-state index is 0.0849. The molecule has 1 aromatic heterocycles. The lowest BCUT2D eigenvalue weighted by Crippen LogP contribution is -2.18. The molecule has 0 aliphatic rings. The first-order valence-electron chi connectivity index (χ1n) is 8.45. The minimum Gasteiger partial charge on any atom is -0.326 e. The van der Waals surface area contributed by atoms with Crippen molar-refractivity contribution in [1.29, 1.82) is 0 Å². The van der Waals surface area contributed by atoms with Crippen LogP contribution in [-0.2, 0) is 4.79 Å². The van der Waals surface area contributed by atoms with Gasteiger partial charge in [-0.25, -0.2) is 0 Å². The van der Waals surface area contributed by atoms with Crippen molar-refractivity contribution in [3.05, 3.63) is 65.3 Å². The Morgan fingerprint density at radius 2 is 1.70 bits per heavy atom. The Morgan fingerprint density at radius 1 is 1.04 bits per heavy atom. The number of carbonyl (C=O) groups excluding carboxylic acids is 2. The van der Waals surface area contributed by atoms with Gasteiger partial charge in [-0.1, -0.05) is 43.6 Å². The third-order valence-electron chi connectivity index (χ3n) is 3.93. The molecule has 138 valence electrons. The zero-order chi connectivity index (χ0) is 19.4. The Morgan fingerprint density at radius 3 is 2.37 bits per heavy atom. The lowest BCUT2D eigenvalue weighted by molar-refractivity contribution is -0.118. The third kappa shape index (κ3) is 4.54. The van der Waals surface area contributed by atoms with E-state index in [9.17, 15) is 9.59 Å². The van der Waals surface area contributed by atoms with Gasteiger partial charge >= 0.3 is 0 Å². The number of aromatic nitrogens is 2. The van der Waals surface area contributed by atoms with Gasteiger partial charge in [0.05, 0.1) is 17.5 Å². The summed E-state index contributed by atoms with van der Waals surface area (Å²) < 4.78 is 0. The number of aromatic amines is 1. The molecule has 0 atom stereocenters. The van der Waals surface area contributed by atoms with E-state index in [-0.39, 0.29) is 17.7 Å². The van der Waals surface area contributed by atoms with Crippen LogP contribution in [0.5, 0.6) is 0 Å². The van der Waals surface area contributed by atoms with Crippen LogP contribution in [0.15, 0.2) is 54.7 Å². The number of rotatable bonds is 5. The average molecular weight is 383 g/mol. The van der Waals surface area contributed by atoms with E-state index in [1.165, 1.54) is 6.20 Å². The maximum Gasteiger partial charge on any atom is 0.259 e. The van der Waals surface area contributed by atoms with Gasteiger partial charge in [0.15, 0.2) is 0 Å². The van der Waals surface area contributed by atoms with Gasteiger partial charge < -0.3 is 10.6 Å². The molecular weight excluding hydrogens is 364 g/mol. The molecule has 0 saturated carbocycles. The summed E-state index contributed by atoms with van der Waals surface area (Å²) in [7, 11) is 0. The number of benzene rings is 2. The van der Waals surface area contributed by atoms with E-state index in [0.29, 0.717) is 27.7 Å². The summed E-state index contributed by atoms with van der Waals surface area (Å²) in [6.07, 6.45) is 1.48. The third-order valence-corrected chi connectivity index (χ3v) is 4.18. The molecule has 0 fully saturated rings. The van der Waals surface area contributed by atoms with Crippen LogP contribution in [0.1, 0.15) is 24.2 Å². The Kier molecular flexibility index (Phi) is 5.57. The molecule has 3 rings (SSSR count). The Bertz CT molecular complexity index is 964. The van der Waals surface area contributed by atoms with Crippen LogP contribution in [0, 0.1) is 5.92 Å². The molecule has 0 saturated heterocycles. The molecule has 1 heterocycles. The van der Waals surface area contributed by atoms with Crippen molar-refractivity contribution < 1.29 is 9.59 Å². The summed E-state index contributed by atoms with van der Waals surface area (Å²) >= 11 is 5.92. The van der Waals surface area contributed by atoms with E-state index in [2.05, 4.69) is 20.8 Å². The average Bonchev–Trinajstić information content (AvgIpc) is 3.12. The number of nitrogens with zero attached hydrogens (tertiary/aromatic N) is 1.